The molecule has 0 saturated carbocycles. The molecule has 1 aliphatic rings. The molecule has 3 rings (SSSR count). The normalized spacial score (nSPS) is 13.5. The lowest BCUT2D eigenvalue weighted by Crippen LogP contribution is -2.22. The van der Waals surface area contributed by atoms with Gasteiger partial charge in [0.1, 0.15) is 5.69 Å². The molecular formula is C14H17ClN4O2. The highest BCUT2D eigenvalue weighted by Crippen LogP contribution is 2.39. The molecule has 1 aromatic carbocycles. The van der Waals surface area contributed by atoms with Crippen LogP contribution in [0.3, 0.4) is 0 Å². The summed E-state index contributed by atoms with van der Waals surface area (Å²) in [6.07, 6.45) is 1.92. The van der Waals surface area contributed by atoms with Crippen molar-refractivity contribution in [2.45, 2.75) is 32.9 Å². The fourth-order valence-corrected chi connectivity index (χ4v) is 2.17. The minimum atomic E-state index is -0.0817. The van der Waals surface area contributed by atoms with E-state index in [9.17, 15) is 0 Å². The van der Waals surface area contributed by atoms with Crippen LogP contribution >= 0.6 is 11.6 Å². The first-order chi connectivity index (χ1) is 9.93. The molecule has 0 fully saturated rings. The molecule has 6 nitrogen and oxygen atoms in total. The summed E-state index contributed by atoms with van der Waals surface area (Å²) in [6.45, 7) is 7.00. The van der Waals surface area contributed by atoms with E-state index in [-0.39, 0.29) is 12.3 Å². The van der Waals surface area contributed by atoms with Gasteiger partial charge in [0.25, 0.3) is 0 Å². The molecule has 1 aromatic heterocycles. The highest BCUT2D eigenvalue weighted by molar-refractivity contribution is 6.33. The maximum Gasteiger partial charge on any atom is 0.231 e. The number of ether oxygens (including phenoxy) is 2. The summed E-state index contributed by atoms with van der Waals surface area (Å²) < 4.78 is 12.5. The Morgan fingerprint density at radius 3 is 2.67 bits per heavy atom. The lowest BCUT2D eigenvalue weighted by atomic mass is 10.1. The largest absolute Gasteiger partial charge is 0.454 e. The van der Waals surface area contributed by atoms with Gasteiger partial charge in [0, 0.05) is 12.1 Å². The predicted octanol–water partition coefficient (Wildman–Crippen LogP) is 3.03. The van der Waals surface area contributed by atoms with Gasteiger partial charge in [-0.1, -0.05) is 16.8 Å². The van der Waals surface area contributed by atoms with Crippen LogP contribution in [0.5, 0.6) is 11.5 Å². The maximum atomic E-state index is 6.21. The molecule has 0 unspecified atom stereocenters. The molecule has 0 atom stereocenters. The van der Waals surface area contributed by atoms with Crippen molar-refractivity contribution >= 4 is 17.3 Å². The number of rotatable bonds is 3. The van der Waals surface area contributed by atoms with Gasteiger partial charge in [-0.05, 0) is 20.8 Å². The summed E-state index contributed by atoms with van der Waals surface area (Å²) in [5, 5.41) is 12.1. The number of aromatic nitrogens is 3. The Morgan fingerprint density at radius 1 is 1.29 bits per heavy atom. The zero-order valence-corrected chi connectivity index (χ0v) is 12.9. The van der Waals surface area contributed by atoms with Crippen molar-refractivity contribution in [3.05, 3.63) is 29.0 Å². The van der Waals surface area contributed by atoms with E-state index in [1.54, 1.807) is 6.07 Å². The fraction of sp³-hybridized carbons (Fsp3) is 0.429. The van der Waals surface area contributed by atoms with Gasteiger partial charge in [-0.15, -0.1) is 5.10 Å². The van der Waals surface area contributed by atoms with Crippen LogP contribution in [-0.2, 0) is 12.1 Å². The van der Waals surface area contributed by atoms with Crippen LogP contribution in [0.4, 0.5) is 5.69 Å². The molecule has 112 valence electrons. The van der Waals surface area contributed by atoms with Gasteiger partial charge in [-0.2, -0.15) is 0 Å². The van der Waals surface area contributed by atoms with Crippen molar-refractivity contribution in [2.75, 3.05) is 12.1 Å². The fourth-order valence-electron chi connectivity index (χ4n) is 1.95. The van der Waals surface area contributed by atoms with Crippen LogP contribution in [-0.4, -0.2) is 21.8 Å². The number of halogens is 1. The third-order valence-corrected chi connectivity index (χ3v) is 3.46. The SMILES string of the molecule is CC(C)(C)n1cc(CNc2cc3c(cc2Cl)OCO3)nn1. The first-order valence-electron chi connectivity index (χ1n) is 6.68. The number of benzene rings is 1. The third kappa shape index (κ3) is 2.90. The molecule has 0 bridgehead atoms. The van der Waals surface area contributed by atoms with E-state index in [2.05, 4.69) is 36.4 Å². The van der Waals surface area contributed by atoms with Crippen LogP contribution in [0.25, 0.3) is 0 Å². The van der Waals surface area contributed by atoms with E-state index in [1.165, 1.54) is 0 Å². The molecule has 0 radical (unpaired) electrons. The first kappa shape index (κ1) is 14.0. The van der Waals surface area contributed by atoms with Gasteiger partial charge >= 0.3 is 0 Å². The summed E-state index contributed by atoms with van der Waals surface area (Å²) in [6, 6.07) is 3.58. The molecule has 1 N–H and O–H groups in total. The van der Waals surface area contributed by atoms with E-state index in [1.807, 2.05) is 16.9 Å². The molecule has 2 heterocycles. The Hall–Kier alpha value is -1.95. The summed E-state index contributed by atoms with van der Waals surface area (Å²) in [5.74, 6) is 1.37. The summed E-state index contributed by atoms with van der Waals surface area (Å²) in [4.78, 5) is 0. The lowest BCUT2D eigenvalue weighted by molar-refractivity contribution is 0.174. The number of anilines is 1. The van der Waals surface area contributed by atoms with Crippen molar-refractivity contribution in [1.82, 2.24) is 15.0 Å². The molecule has 0 amide bonds. The Labute approximate surface area is 128 Å². The molecule has 0 spiro atoms. The Kier molecular flexibility index (Phi) is 3.41. The molecule has 0 aliphatic carbocycles. The van der Waals surface area contributed by atoms with E-state index >= 15 is 0 Å². The molecule has 2 aromatic rings. The van der Waals surface area contributed by atoms with Gasteiger partial charge in [-0.3, -0.25) is 0 Å². The average Bonchev–Trinajstić information content (AvgIpc) is 3.03. The van der Waals surface area contributed by atoms with E-state index in [4.69, 9.17) is 21.1 Å². The van der Waals surface area contributed by atoms with Crippen molar-refractivity contribution < 1.29 is 9.47 Å². The molecular weight excluding hydrogens is 292 g/mol. The van der Waals surface area contributed by atoms with Crippen LogP contribution in [0, 0.1) is 0 Å². The molecule has 0 saturated heterocycles. The quantitative estimate of drug-likeness (QED) is 0.944. The minimum absolute atomic E-state index is 0.0817. The van der Waals surface area contributed by atoms with Gasteiger partial charge in [0.2, 0.25) is 6.79 Å². The first-order valence-corrected chi connectivity index (χ1v) is 7.06. The van der Waals surface area contributed by atoms with Gasteiger partial charge in [0.15, 0.2) is 11.5 Å². The zero-order chi connectivity index (χ0) is 15.0. The number of hydrogen-bond acceptors (Lipinski definition) is 5. The Morgan fingerprint density at radius 2 is 2.00 bits per heavy atom. The van der Waals surface area contributed by atoms with Crippen molar-refractivity contribution in [2.24, 2.45) is 0 Å². The second kappa shape index (κ2) is 5.11. The maximum absolute atomic E-state index is 6.21. The number of hydrogen-bond donors (Lipinski definition) is 1. The van der Waals surface area contributed by atoms with Crippen LogP contribution in [0.2, 0.25) is 5.02 Å². The molecule has 1 aliphatic heterocycles. The van der Waals surface area contributed by atoms with Crippen LogP contribution in [0.15, 0.2) is 18.3 Å². The lowest BCUT2D eigenvalue weighted by Gasteiger charge is -2.17. The van der Waals surface area contributed by atoms with Crippen molar-refractivity contribution in [3.63, 3.8) is 0 Å². The van der Waals surface area contributed by atoms with E-state index < -0.39 is 0 Å². The summed E-state index contributed by atoms with van der Waals surface area (Å²) in [5.41, 5.74) is 1.55. The van der Waals surface area contributed by atoms with Crippen LogP contribution < -0.4 is 14.8 Å². The zero-order valence-electron chi connectivity index (χ0n) is 12.2. The third-order valence-electron chi connectivity index (χ3n) is 3.15. The monoisotopic (exact) mass is 308 g/mol. The number of nitrogens with zero attached hydrogens (tertiary/aromatic N) is 3. The Balaban J connectivity index is 1.72. The highest BCUT2D eigenvalue weighted by atomic mass is 35.5. The Bertz CT molecular complexity index is 663. The van der Waals surface area contributed by atoms with E-state index in [0.717, 1.165) is 11.4 Å². The molecule has 21 heavy (non-hydrogen) atoms. The van der Waals surface area contributed by atoms with Crippen LogP contribution in [0.1, 0.15) is 26.5 Å². The second-order valence-electron chi connectivity index (χ2n) is 5.86. The summed E-state index contributed by atoms with van der Waals surface area (Å²) in [7, 11) is 0. The van der Waals surface area contributed by atoms with Gasteiger partial charge < -0.3 is 14.8 Å². The average molecular weight is 309 g/mol. The number of nitrogens with one attached hydrogen (secondary N) is 1. The van der Waals surface area contributed by atoms with Gasteiger partial charge in [-0.25, -0.2) is 4.68 Å². The predicted molar refractivity (Wildman–Crippen MR) is 79.9 cm³/mol. The topological polar surface area (TPSA) is 61.2 Å². The van der Waals surface area contributed by atoms with Crippen molar-refractivity contribution in [3.8, 4) is 11.5 Å². The minimum Gasteiger partial charge on any atom is -0.454 e. The van der Waals surface area contributed by atoms with Crippen molar-refractivity contribution in [1.29, 1.82) is 0 Å². The number of fused-ring (bicyclic) bond motifs is 1. The van der Waals surface area contributed by atoms with E-state index in [0.29, 0.717) is 23.1 Å². The second-order valence-corrected chi connectivity index (χ2v) is 6.27. The highest BCUT2D eigenvalue weighted by Gasteiger charge is 2.17. The summed E-state index contributed by atoms with van der Waals surface area (Å²) >= 11 is 6.21. The smallest absolute Gasteiger partial charge is 0.231 e. The standard InChI is InChI=1S/C14H17ClN4O2/c1-14(2,3)19-7-9(17-18-19)6-16-11-5-13-12(4-10(11)15)20-8-21-13/h4-5,7,16H,6,8H2,1-3H3. The van der Waals surface area contributed by atoms with Gasteiger partial charge in [0.05, 0.1) is 29.0 Å². The molecule has 7 heteroatoms.